The molecular weight excluding hydrogens is 428 g/mol. The normalized spacial score (nSPS) is 21.9. The lowest BCUT2D eigenvalue weighted by Crippen LogP contribution is -2.48. The zero-order valence-corrected chi connectivity index (χ0v) is 19.3. The number of rotatable bonds is 5. The summed E-state index contributed by atoms with van der Waals surface area (Å²) in [5.41, 5.74) is 6.51. The summed E-state index contributed by atoms with van der Waals surface area (Å²) in [5, 5.41) is 1.87. The SMILES string of the molecule is COc1cc2c(cc1C=O)C1N(CC2)C(C(=O)OC(C)(C)C)=CC1(C(N)=O)c1cccs1. The van der Waals surface area contributed by atoms with Crippen molar-refractivity contribution < 1.29 is 23.9 Å². The van der Waals surface area contributed by atoms with Gasteiger partial charge < -0.3 is 20.1 Å². The van der Waals surface area contributed by atoms with Crippen molar-refractivity contribution in [3.8, 4) is 5.75 Å². The Balaban J connectivity index is 1.95. The molecule has 0 aliphatic carbocycles. The Morgan fingerprint density at radius 1 is 1.31 bits per heavy atom. The van der Waals surface area contributed by atoms with E-state index in [2.05, 4.69) is 0 Å². The summed E-state index contributed by atoms with van der Waals surface area (Å²) in [4.78, 5) is 40.7. The van der Waals surface area contributed by atoms with E-state index in [0.717, 1.165) is 22.3 Å². The monoisotopic (exact) mass is 454 g/mol. The molecule has 168 valence electrons. The van der Waals surface area contributed by atoms with Gasteiger partial charge in [-0.15, -0.1) is 11.3 Å². The van der Waals surface area contributed by atoms with Gasteiger partial charge in [-0.2, -0.15) is 0 Å². The van der Waals surface area contributed by atoms with E-state index in [4.69, 9.17) is 15.2 Å². The van der Waals surface area contributed by atoms with Crippen molar-refractivity contribution in [2.45, 2.75) is 44.2 Å². The fourth-order valence-corrected chi connectivity index (χ4v) is 5.54. The Morgan fingerprint density at radius 2 is 2.06 bits per heavy atom. The zero-order chi connectivity index (χ0) is 23.3. The summed E-state index contributed by atoms with van der Waals surface area (Å²) >= 11 is 1.40. The average Bonchev–Trinajstić information content (AvgIpc) is 3.38. The maximum Gasteiger partial charge on any atom is 0.354 e. The summed E-state index contributed by atoms with van der Waals surface area (Å²) in [6, 6.07) is 6.70. The van der Waals surface area contributed by atoms with Crippen molar-refractivity contribution in [1.29, 1.82) is 0 Å². The first-order valence-electron chi connectivity index (χ1n) is 10.3. The van der Waals surface area contributed by atoms with Crippen molar-refractivity contribution in [2.24, 2.45) is 5.73 Å². The van der Waals surface area contributed by atoms with Gasteiger partial charge in [-0.05, 0) is 68.0 Å². The first-order valence-corrected chi connectivity index (χ1v) is 11.2. The molecule has 4 rings (SSSR count). The third-order valence-electron chi connectivity index (χ3n) is 5.90. The number of fused-ring (bicyclic) bond motifs is 3. The lowest BCUT2D eigenvalue weighted by Gasteiger charge is -2.42. The molecule has 0 radical (unpaired) electrons. The number of thiophene rings is 1. The van der Waals surface area contributed by atoms with Crippen LogP contribution in [-0.4, -0.2) is 42.3 Å². The molecule has 1 aromatic carbocycles. The fourth-order valence-electron chi connectivity index (χ4n) is 4.62. The van der Waals surface area contributed by atoms with Crippen molar-refractivity contribution >= 4 is 29.5 Å². The van der Waals surface area contributed by atoms with Crippen LogP contribution in [0.15, 0.2) is 41.4 Å². The van der Waals surface area contributed by atoms with Gasteiger partial charge >= 0.3 is 5.97 Å². The average molecular weight is 455 g/mol. The number of primary amides is 1. The minimum Gasteiger partial charge on any atom is -0.496 e. The number of esters is 1. The largest absolute Gasteiger partial charge is 0.496 e. The van der Waals surface area contributed by atoms with E-state index >= 15 is 0 Å². The molecule has 1 aromatic heterocycles. The van der Waals surface area contributed by atoms with Gasteiger partial charge in [0.25, 0.3) is 0 Å². The van der Waals surface area contributed by atoms with Crippen LogP contribution in [-0.2, 0) is 26.2 Å². The summed E-state index contributed by atoms with van der Waals surface area (Å²) < 4.78 is 11.0. The van der Waals surface area contributed by atoms with Crippen LogP contribution in [0.4, 0.5) is 0 Å². The van der Waals surface area contributed by atoms with Gasteiger partial charge in [0.05, 0.1) is 18.7 Å². The molecule has 1 amide bonds. The third-order valence-corrected chi connectivity index (χ3v) is 6.92. The number of carbonyl (C=O) groups is 3. The quantitative estimate of drug-likeness (QED) is 0.551. The minimum absolute atomic E-state index is 0.311. The topological polar surface area (TPSA) is 98.9 Å². The van der Waals surface area contributed by atoms with Gasteiger partial charge in [0.2, 0.25) is 5.91 Å². The lowest BCUT2D eigenvalue weighted by atomic mass is 9.73. The maximum atomic E-state index is 13.2. The van der Waals surface area contributed by atoms with Gasteiger partial charge in [0.1, 0.15) is 22.5 Å². The first-order chi connectivity index (χ1) is 15.1. The van der Waals surface area contributed by atoms with Crippen LogP contribution in [0, 0.1) is 0 Å². The number of carbonyl (C=O) groups excluding carboxylic acids is 3. The Morgan fingerprint density at radius 3 is 2.62 bits per heavy atom. The molecule has 2 N–H and O–H groups in total. The van der Waals surface area contributed by atoms with Crippen LogP contribution in [0.25, 0.3) is 0 Å². The number of benzene rings is 1. The highest BCUT2D eigenvalue weighted by Crippen LogP contribution is 2.54. The van der Waals surface area contributed by atoms with E-state index in [1.807, 2.05) is 28.5 Å². The molecule has 3 heterocycles. The Labute approximate surface area is 190 Å². The van der Waals surface area contributed by atoms with Crippen LogP contribution in [0.3, 0.4) is 0 Å². The second kappa shape index (κ2) is 7.78. The highest BCUT2D eigenvalue weighted by molar-refractivity contribution is 7.10. The number of nitrogens with zero attached hydrogens (tertiary/aromatic N) is 1. The molecule has 0 fully saturated rings. The predicted octanol–water partition coefficient (Wildman–Crippen LogP) is 3.13. The van der Waals surface area contributed by atoms with E-state index in [1.165, 1.54) is 18.4 Å². The van der Waals surface area contributed by atoms with E-state index in [1.54, 1.807) is 32.9 Å². The van der Waals surface area contributed by atoms with Gasteiger partial charge in [-0.3, -0.25) is 9.59 Å². The van der Waals surface area contributed by atoms with Crippen molar-refractivity contribution in [2.75, 3.05) is 13.7 Å². The summed E-state index contributed by atoms with van der Waals surface area (Å²) in [5.74, 6) is -0.592. The van der Waals surface area contributed by atoms with Crippen LogP contribution in [0.1, 0.15) is 53.2 Å². The van der Waals surface area contributed by atoms with E-state index in [0.29, 0.717) is 30.0 Å². The summed E-state index contributed by atoms with van der Waals surface area (Å²) in [6.45, 7) is 5.89. The number of methoxy groups -OCH3 is 1. The van der Waals surface area contributed by atoms with Gasteiger partial charge in [0.15, 0.2) is 6.29 Å². The molecular formula is C24H26N2O5S. The van der Waals surface area contributed by atoms with Crippen LogP contribution >= 0.6 is 11.3 Å². The summed E-state index contributed by atoms with van der Waals surface area (Å²) in [6.07, 6.45) is 2.99. The molecule has 0 bridgehead atoms. The molecule has 8 heteroatoms. The maximum absolute atomic E-state index is 13.2. The van der Waals surface area contributed by atoms with E-state index < -0.39 is 28.9 Å². The van der Waals surface area contributed by atoms with Crippen LogP contribution < -0.4 is 10.5 Å². The first kappa shape index (κ1) is 22.1. The van der Waals surface area contributed by atoms with Crippen molar-refractivity contribution in [1.82, 2.24) is 4.90 Å². The number of amides is 1. The second-order valence-electron chi connectivity index (χ2n) is 9.00. The fraction of sp³-hybridized carbons (Fsp3) is 0.375. The Kier molecular flexibility index (Phi) is 5.36. The van der Waals surface area contributed by atoms with Crippen LogP contribution in [0.2, 0.25) is 0 Å². The number of aldehydes is 1. The number of hydrogen-bond acceptors (Lipinski definition) is 7. The Bertz CT molecular complexity index is 1120. The lowest BCUT2D eigenvalue weighted by molar-refractivity contribution is -0.152. The number of nitrogens with two attached hydrogens (primary N) is 1. The van der Waals surface area contributed by atoms with Gasteiger partial charge in [0, 0.05) is 11.4 Å². The molecule has 0 saturated heterocycles. The highest BCUT2D eigenvalue weighted by atomic mass is 32.1. The number of hydrogen-bond donors (Lipinski definition) is 1. The molecule has 0 spiro atoms. The molecule has 0 saturated carbocycles. The molecule has 2 aliphatic rings. The standard InChI is InChI=1S/C24H26N2O5S/c1-23(2,3)31-21(28)17-12-24(22(25)29,19-6-5-9-32-19)20-16-10-15(13-27)18(30-4)11-14(16)7-8-26(17)20/h5-6,9-13,20H,7-8H2,1-4H3,(H2,25,29). The summed E-state index contributed by atoms with van der Waals surface area (Å²) in [7, 11) is 1.51. The predicted molar refractivity (Wildman–Crippen MR) is 121 cm³/mol. The highest BCUT2D eigenvalue weighted by Gasteiger charge is 2.57. The van der Waals surface area contributed by atoms with E-state index in [-0.39, 0.29) is 0 Å². The van der Waals surface area contributed by atoms with E-state index in [9.17, 15) is 14.4 Å². The van der Waals surface area contributed by atoms with Gasteiger partial charge in [-0.1, -0.05) is 6.07 Å². The Hall–Kier alpha value is -3.13. The molecule has 32 heavy (non-hydrogen) atoms. The minimum atomic E-state index is -1.27. The third kappa shape index (κ3) is 3.39. The second-order valence-corrected chi connectivity index (χ2v) is 9.95. The molecule has 2 aromatic rings. The van der Waals surface area contributed by atoms with Crippen molar-refractivity contribution in [3.05, 3.63) is 63.0 Å². The molecule has 2 aliphatic heterocycles. The van der Waals surface area contributed by atoms with Crippen LogP contribution in [0.5, 0.6) is 5.75 Å². The number of ether oxygens (including phenoxy) is 2. The smallest absolute Gasteiger partial charge is 0.354 e. The zero-order valence-electron chi connectivity index (χ0n) is 18.5. The molecule has 7 nitrogen and oxygen atoms in total. The molecule has 2 unspecified atom stereocenters. The van der Waals surface area contributed by atoms with Crippen molar-refractivity contribution in [3.63, 3.8) is 0 Å². The molecule has 2 atom stereocenters. The van der Waals surface area contributed by atoms with Gasteiger partial charge in [-0.25, -0.2) is 4.79 Å².